The smallest absolute Gasteiger partial charge is 0.255 e. The van der Waals surface area contributed by atoms with E-state index in [0.29, 0.717) is 19.0 Å². The average molecular weight is 411 g/mol. The summed E-state index contributed by atoms with van der Waals surface area (Å²) >= 11 is 0. The molecule has 4 heterocycles. The Morgan fingerprint density at radius 2 is 1.87 bits per heavy atom. The Hall–Kier alpha value is -2.25. The molecule has 0 spiro atoms. The molecule has 7 heteroatoms. The lowest BCUT2D eigenvalue weighted by Crippen LogP contribution is -2.52. The van der Waals surface area contributed by atoms with Crippen molar-refractivity contribution in [2.75, 3.05) is 19.6 Å². The molecule has 1 aromatic carbocycles. The summed E-state index contributed by atoms with van der Waals surface area (Å²) in [6, 6.07) is 6.06. The summed E-state index contributed by atoms with van der Waals surface area (Å²) in [5, 5.41) is 5.85. The normalized spacial score (nSPS) is 28.1. The van der Waals surface area contributed by atoms with Crippen molar-refractivity contribution >= 4 is 17.7 Å². The third-order valence-corrected chi connectivity index (χ3v) is 7.39. The maximum Gasteiger partial charge on any atom is 0.255 e. The molecule has 4 aliphatic rings. The predicted molar refractivity (Wildman–Crippen MR) is 112 cm³/mol. The minimum Gasteiger partial charge on any atom is -0.322 e. The molecular formula is C23H30N4O3. The van der Waals surface area contributed by atoms with Crippen LogP contribution in [-0.4, -0.2) is 59.2 Å². The second-order valence-corrected chi connectivity index (χ2v) is 9.11. The van der Waals surface area contributed by atoms with Crippen molar-refractivity contribution in [3.63, 3.8) is 0 Å². The fourth-order valence-electron chi connectivity index (χ4n) is 5.83. The van der Waals surface area contributed by atoms with Gasteiger partial charge in [-0.05, 0) is 74.8 Å². The molecule has 0 bridgehead atoms. The largest absolute Gasteiger partial charge is 0.322 e. The first-order valence-electron chi connectivity index (χ1n) is 11.3. The first-order valence-corrected chi connectivity index (χ1v) is 11.3. The van der Waals surface area contributed by atoms with Crippen LogP contribution in [0.1, 0.15) is 60.0 Å². The number of hydrogen-bond donors (Lipinski definition) is 2. The number of amides is 3. The van der Waals surface area contributed by atoms with E-state index >= 15 is 0 Å². The molecule has 0 radical (unpaired) electrons. The van der Waals surface area contributed by atoms with Gasteiger partial charge in [0, 0.05) is 31.1 Å². The van der Waals surface area contributed by atoms with Crippen molar-refractivity contribution in [1.29, 1.82) is 0 Å². The Morgan fingerprint density at radius 3 is 2.67 bits per heavy atom. The Kier molecular flexibility index (Phi) is 5.33. The quantitative estimate of drug-likeness (QED) is 0.734. The van der Waals surface area contributed by atoms with E-state index in [2.05, 4.69) is 21.6 Å². The minimum absolute atomic E-state index is 0.0855. The average Bonchev–Trinajstić information content (AvgIpc) is 3.34. The van der Waals surface area contributed by atoms with E-state index < -0.39 is 6.04 Å². The van der Waals surface area contributed by atoms with Crippen LogP contribution < -0.4 is 10.6 Å². The van der Waals surface area contributed by atoms with Gasteiger partial charge in [-0.25, -0.2) is 0 Å². The maximum absolute atomic E-state index is 13.1. The van der Waals surface area contributed by atoms with Crippen LogP contribution in [0.3, 0.4) is 0 Å². The second-order valence-electron chi connectivity index (χ2n) is 9.11. The summed E-state index contributed by atoms with van der Waals surface area (Å²) < 4.78 is 0. The fourth-order valence-corrected chi connectivity index (χ4v) is 5.83. The van der Waals surface area contributed by atoms with Gasteiger partial charge in [0.15, 0.2) is 0 Å². The van der Waals surface area contributed by atoms with E-state index in [1.54, 1.807) is 4.90 Å². The summed E-state index contributed by atoms with van der Waals surface area (Å²) in [7, 11) is 0. The highest BCUT2D eigenvalue weighted by Gasteiger charge is 2.40. The summed E-state index contributed by atoms with van der Waals surface area (Å²) in [6.07, 6.45) is 5.69. The van der Waals surface area contributed by atoms with Crippen molar-refractivity contribution in [2.45, 2.75) is 63.7 Å². The number of fused-ring (bicyclic) bond motifs is 1. The van der Waals surface area contributed by atoms with E-state index in [9.17, 15) is 14.4 Å². The zero-order chi connectivity index (χ0) is 20.7. The van der Waals surface area contributed by atoms with Crippen LogP contribution in [0.15, 0.2) is 18.2 Å². The molecule has 5 rings (SSSR count). The van der Waals surface area contributed by atoms with Gasteiger partial charge in [0.2, 0.25) is 11.8 Å². The SMILES string of the molecule is O=C1CCC(N2Cc3c(CN4CCCC4C4CCNCC4)cccc3C2=O)C(=O)N1. The van der Waals surface area contributed by atoms with E-state index in [1.165, 1.54) is 31.2 Å². The van der Waals surface area contributed by atoms with Crippen LogP contribution >= 0.6 is 0 Å². The molecule has 3 amide bonds. The number of rotatable bonds is 4. The van der Waals surface area contributed by atoms with Gasteiger partial charge < -0.3 is 10.2 Å². The molecule has 4 aliphatic heterocycles. The van der Waals surface area contributed by atoms with E-state index in [4.69, 9.17) is 0 Å². The van der Waals surface area contributed by atoms with Crippen LogP contribution in [0.4, 0.5) is 0 Å². The fraction of sp³-hybridized carbons (Fsp3) is 0.609. The Morgan fingerprint density at radius 1 is 1.03 bits per heavy atom. The summed E-state index contributed by atoms with van der Waals surface area (Å²) in [4.78, 5) is 41.2. The van der Waals surface area contributed by atoms with E-state index in [1.807, 2.05) is 12.1 Å². The molecule has 3 saturated heterocycles. The number of nitrogens with zero attached hydrogens (tertiary/aromatic N) is 2. The lowest BCUT2D eigenvalue weighted by Gasteiger charge is -2.34. The minimum atomic E-state index is -0.551. The molecule has 2 unspecified atom stereocenters. The number of likely N-dealkylation sites (tertiary alicyclic amines) is 1. The number of carbonyl (C=O) groups is 3. The summed E-state index contributed by atoms with van der Waals surface area (Å²) in [5.74, 6) is 0.0725. The maximum atomic E-state index is 13.1. The highest BCUT2D eigenvalue weighted by atomic mass is 16.2. The Bertz CT molecular complexity index is 864. The monoisotopic (exact) mass is 410 g/mol. The first-order chi connectivity index (χ1) is 14.6. The van der Waals surface area contributed by atoms with Gasteiger partial charge >= 0.3 is 0 Å². The number of nitrogens with one attached hydrogen (secondary N) is 2. The molecule has 1 aromatic rings. The van der Waals surface area contributed by atoms with Gasteiger partial charge in [0.1, 0.15) is 6.04 Å². The highest BCUT2D eigenvalue weighted by molar-refractivity contribution is 6.05. The van der Waals surface area contributed by atoms with E-state index in [0.717, 1.165) is 43.2 Å². The van der Waals surface area contributed by atoms with Gasteiger partial charge in [0.05, 0.1) is 0 Å². The number of imide groups is 1. The number of piperidine rings is 2. The number of carbonyl (C=O) groups excluding carboxylic acids is 3. The van der Waals surface area contributed by atoms with Crippen molar-refractivity contribution < 1.29 is 14.4 Å². The zero-order valence-corrected chi connectivity index (χ0v) is 17.4. The van der Waals surface area contributed by atoms with Gasteiger partial charge in [0.25, 0.3) is 5.91 Å². The van der Waals surface area contributed by atoms with Crippen LogP contribution in [0.25, 0.3) is 0 Å². The first kappa shape index (κ1) is 19.7. The van der Waals surface area contributed by atoms with Crippen LogP contribution in [0, 0.1) is 5.92 Å². The van der Waals surface area contributed by atoms with Gasteiger partial charge in [-0.15, -0.1) is 0 Å². The van der Waals surface area contributed by atoms with Crippen molar-refractivity contribution in [3.05, 3.63) is 34.9 Å². The number of hydrogen-bond acceptors (Lipinski definition) is 5. The molecule has 0 saturated carbocycles. The molecule has 30 heavy (non-hydrogen) atoms. The molecule has 0 aliphatic carbocycles. The highest BCUT2D eigenvalue weighted by Crippen LogP contribution is 2.34. The third kappa shape index (κ3) is 3.54. The summed E-state index contributed by atoms with van der Waals surface area (Å²) in [5.41, 5.74) is 2.98. The van der Waals surface area contributed by atoms with Gasteiger partial charge in [-0.2, -0.15) is 0 Å². The molecule has 2 N–H and O–H groups in total. The molecule has 7 nitrogen and oxygen atoms in total. The second kappa shape index (κ2) is 8.12. The lowest BCUT2D eigenvalue weighted by atomic mass is 9.88. The molecular weight excluding hydrogens is 380 g/mol. The topological polar surface area (TPSA) is 81.8 Å². The van der Waals surface area contributed by atoms with Gasteiger partial charge in [-0.1, -0.05) is 12.1 Å². The van der Waals surface area contributed by atoms with Crippen molar-refractivity contribution in [2.24, 2.45) is 5.92 Å². The van der Waals surface area contributed by atoms with E-state index in [-0.39, 0.29) is 24.1 Å². The third-order valence-electron chi connectivity index (χ3n) is 7.39. The zero-order valence-electron chi connectivity index (χ0n) is 17.4. The Balaban J connectivity index is 1.34. The van der Waals surface area contributed by atoms with Crippen LogP contribution in [0.5, 0.6) is 0 Å². The summed E-state index contributed by atoms with van der Waals surface area (Å²) in [6.45, 7) is 4.68. The lowest BCUT2D eigenvalue weighted by molar-refractivity contribution is -0.136. The van der Waals surface area contributed by atoms with Crippen LogP contribution in [0.2, 0.25) is 0 Å². The van der Waals surface area contributed by atoms with Crippen molar-refractivity contribution in [3.8, 4) is 0 Å². The molecule has 3 fully saturated rings. The van der Waals surface area contributed by atoms with Gasteiger partial charge in [-0.3, -0.25) is 24.6 Å². The predicted octanol–water partition coefficient (Wildman–Crippen LogP) is 1.41. The molecule has 2 atom stereocenters. The standard InChI is InChI=1S/C23H30N4O3/c28-21-7-6-20(22(29)25-21)27-14-18-16(3-1-4-17(18)23(27)30)13-26-12-2-5-19(26)15-8-10-24-11-9-15/h1,3-4,15,19-20,24H,2,5-14H2,(H,25,28,29). The Labute approximate surface area is 177 Å². The van der Waals surface area contributed by atoms with Crippen LogP contribution in [-0.2, 0) is 22.7 Å². The van der Waals surface area contributed by atoms with Crippen molar-refractivity contribution in [1.82, 2.24) is 20.4 Å². The molecule has 160 valence electrons. The number of benzene rings is 1. The molecule has 0 aromatic heterocycles.